The summed E-state index contributed by atoms with van der Waals surface area (Å²) in [5.74, 6) is -0.515. The van der Waals surface area contributed by atoms with Crippen LogP contribution in [0.5, 0.6) is 0 Å². The number of nitrogens with two attached hydrogens (primary N) is 2. The Morgan fingerprint density at radius 1 is 1.40 bits per heavy atom. The van der Waals surface area contributed by atoms with Gasteiger partial charge in [-0.1, -0.05) is 20.8 Å². The van der Waals surface area contributed by atoms with Crippen LogP contribution in [0.15, 0.2) is 12.1 Å². The first-order valence-electron chi connectivity index (χ1n) is 6.20. The fourth-order valence-corrected chi connectivity index (χ4v) is 2.11. The van der Waals surface area contributed by atoms with Gasteiger partial charge < -0.3 is 16.8 Å². The van der Waals surface area contributed by atoms with Crippen molar-refractivity contribution in [2.24, 2.45) is 5.73 Å². The number of hydrogen-bond acceptors (Lipinski definition) is 5. The lowest BCUT2D eigenvalue weighted by molar-refractivity contribution is -0.386. The molecule has 0 aliphatic heterocycles. The first-order valence-corrected chi connectivity index (χ1v) is 6.20. The number of nitrogen functional groups attached to an aromatic ring is 1. The molecule has 1 aromatic rings. The number of nitro benzene ring substituents is 1. The van der Waals surface area contributed by atoms with Crippen molar-refractivity contribution in [1.29, 1.82) is 0 Å². The maximum absolute atomic E-state index is 11.4. The summed E-state index contributed by atoms with van der Waals surface area (Å²) < 4.78 is 0. The number of amides is 1. The molecule has 0 bridgehead atoms. The van der Waals surface area contributed by atoms with Gasteiger partial charge in [0.15, 0.2) is 0 Å². The number of primary amides is 1. The van der Waals surface area contributed by atoms with E-state index in [-0.39, 0.29) is 18.8 Å². The molecule has 110 valence electrons. The van der Waals surface area contributed by atoms with Gasteiger partial charge in [-0.2, -0.15) is 0 Å². The molecule has 1 amide bonds. The van der Waals surface area contributed by atoms with E-state index in [1.54, 1.807) is 12.1 Å². The monoisotopic (exact) mass is 280 g/mol. The maximum Gasteiger partial charge on any atom is 0.279 e. The highest BCUT2D eigenvalue weighted by molar-refractivity contribution is 5.75. The van der Waals surface area contributed by atoms with Gasteiger partial charge in [0.2, 0.25) is 5.91 Å². The largest absolute Gasteiger partial charge is 0.398 e. The first kappa shape index (κ1) is 15.9. The summed E-state index contributed by atoms with van der Waals surface area (Å²) in [6.45, 7) is 5.75. The topological polar surface area (TPSA) is 124 Å². The highest BCUT2D eigenvalue weighted by Crippen LogP contribution is 2.38. The third-order valence-electron chi connectivity index (χ3n) is 2.84. The van der Waals surface area contributed by atoms with Gasteiger partial charge >= 0.3 is 0 Å². The van der Waals surface area contributed by atoms with Gasteiger partial charge in [-0.25, -0.2) is 0 Å². The zero-order valence-electron chi connectivity index (χ0n) is 11.9. The number of hydrogen-bond donors (Lipinski definition) is 3. The number of carbonyl (C=O) groups excluding carboxylic acids is 1. The normalized spacial score (nSPS) is 11.3. The Balaban J connectivity index is 3.25. The summed E-state index contributed by atoms with van der Waals surface area (Å²) in [6, 6.07) is 3.24. The standard InChI is InChI=1S/C13H20N4O3/c1-13(2,3)11-9(14)5-4-8(12(11)17(19)20)6-16-7-10(15)18/h4-5,16H,6-7,14H2,1-3H3,(H2,15,18). The molecule has 0 saturated carbocycles. The highest BCUT2D eigenvalue weighted by Gasteiger charge is 2.30. The van der Waals surface area contributed by atoms with E-state index in [0.717, 1.165) is 0 Å². The van der Waals surface area contributed by atoms with Crippen LogP contribution in [0.4, 0.5) is 11.4 Å². The summed E-state index contributed by atoms with van der Waals surface area (Å²) in [7, 11) is 0. The number of carbonyl (C=O) groups is 1. The molecule has 7 heteroatoms. The minimum Gasteiger partial charge on any atom is -0.398 e. The van der Waals surface area contributed by atoms with Crippen LogP contribution >= 0.6 is 0 Å². The van der Waals surface area contributed by atoms with Crippen LogP contribution in [-0.2, 0) is 16.8 Å². The van der Waals surface area contributed by atoms with E-state index < -0.39 is 16.2 Å². The Morgan fingerprint density at radius 2 is 2.00 bits per heavy atom. The van der Waals surface area contributed by atoms with Crippen LogP contribution in [-0.4, -0.2) is 17.4 Å². The second kappa shape index (κ2) is 5.87. The molecule has 0 aliphatic carbocycles. The lowest BCUT2D eigenvalue weighted by Gasteiger charge is -2.22. The number of benzene rings is 1. The van der Waals surface area contributed by atoms with Crippen molar-refractivity contribution in [2.45, 2.75) is 32.7 Å². The Morgan fingerprint density at radius 3 is 2.45 bits per heavy atom. The molecule has 0 aliphatic rings. The molecule has 0 radical (unpaired) electrons. The van der Waals surface area contributed by atoms with Crippen molar-refractivity contribution in [2.75, 3.05) is 12.3 Å². The molecule has 0 heterocycles. The van der Waals surface area contributed by atoms with Crippen LogP contribution in [0.3, 0.4) is 0 Å². The number of rotatable bonds is 5. The van der Waals surface area contributed by atoms with E-state index in [9.17, 15) is 14.9 Å². The minimum absolute atomic E-state index is 0.00512. The van der Waals surface area contributed by atoms with Crippen LogP contribution in [0.1, 0.15) is 31.9 Å². The van der Waals surface area contributed by atoms with Gasteiger partial charge in [0.05, 0.1) is 17.0 Å². The number of anilines is 1. The zero-order valence-corrected chi connectivity index (χ0v) is 11.9. The molecule has 1 rings (SSSR count). The van der Waals surface area contributed by atoms with E-state index in [1.807, 2.05) is 20.8 Å². The van der Waals surface area contributed by atoms with E-state index in [0.29, 0.717) is 16.8 Å². The van der Waals surface area contributed by atoms with Gasteiger partial charge in [-0.15, -0.1) is 0 Å². The predicted octanol–water partition coefficient (Wildman–Crippen LogP) is 1.05. The predicted molar refractivity (Wildman–Crippen MR) is 77.1 cm³/mol. The highest BCUT2D eigenvalue weighted by atomic mass is 16.6. The van der Waals surface area contributed by atoms with Gasteiger partial charge in [0.1, 0.15) is 0 Å². The van der Waals surface area contributed by atoms with Crippen molar-refractivity contribution >= 4 is 17.3 Å². The second-order valence-electron chi connectivity index (χ2n) is 5.61. The third kappa shape index (κ3) is 3.67. The lowest BCUT2D eigenvalue weighted by Crippen LogP contribution is -2.28. The quantitative estimate of drug-likeness (QED) is 0.422. The van der Waals surface area contributed by atoms with Gasteiger partial charge in [-0.05, 0) is 17.5 Å². The SMILES string of the molecule is CC(C)(C)c1c(N)ccc(CNCC(N)=O)c1[N+](=O)[O-]. The van der Waals surface area contributed by atoms with Crippen LogP contribution < -0.4 is 16.8 Å². The van der Waals surface area contributed by atoms with Crippen molar-refractivity contribution in [3.63, 3.8) is 0 Å². The maximum atomic E-state index is 11.4. The summed E-state index contributed by atoms with van der Waals surface area (Å²) in [6.07, 6.45) is 0. The van der Waals surface area contributed by atoms with Crippen LogP contribution in [0, 0.1) is 10.1 Å². The summed E-state index contributed by atoms with van der Waals surface area (Å²) in [5.41, 5.74) is 11.8. The van der Waals surface area contributed by atoms with E-state index in [2.05, 4.69) is 5.32 Å². The second-order valence-corrected chi connectivity index (χ2v) is 5.61. The number of nitrogens with zero attached hydrogens (tertiary/aromatic N) is 1. The van der Waals surface area contributed by atoms with Gasteiger partial charge in [0.25, 0.3) is 5.69 Å². The Bertz CT molecular complexity index is 535. The fourth-order valence-electron chi connectivity index (χ4n) is 2.11. The molecule has 0 aromatic heterocycles. The number of nitro groups is 1. The summed E-state index contributed by atoms with van der Waals surface area (Å²) in [5, 5.41) is 14.1. The molecular weight excluding hydrogens is 260 g/mol. The summed E-state index contributed by atoms with van der Waals surface area (Å²) in [4.78, 5) is 21.6. The summed E-state index contributed by atoms with van der Waals surface area (Å²) >= 11 is 0. The molecule has 20 heavy (non-hydrogen) atoms. The molecule has 0 saturated heterocycles. The smallest absolute Gasteiger partial charge is 0.279 e. The molecule has 7 nitrogen and oxygen atoms in total. The molecule has 0 spiro atoms. The van der Waals surface area contributed by atoms with E-state index in [4.69, 9.17) is 11.5 Å². The van der Waals surface area contributed by atoms with Gasteiger partial charge in [0, 0.05) is 17.8 Å². The average molecular weight is 280 g/mol. The Labute approximate surface area is 117 Å². The van der Waals surface area contributed by atoms with Crippen LogP contribution in [0.25, 0.3) is 0 Å². The lowest BCUT2D eigenvalue weighted by atomic mass is 9.83. The average Bonchev–Trinajstić information content (AvgIpc) is 2.28. The van der Waals surface area contributed by atoms with Crippen molar-refractivity contribution in [1.82, 2.24) is 5.32 Å². The Kier molecular flexibility index (Phi) is 4.67. The van der Waals surface area contributed by atoms with Crippen molar-refractivity contribution in [3.8, 4) is 0 Å². The zero-order chi connectivity index (χ0) is 15.5. The molecule has 0 atom stereocenters. The van der Waals surface area contributed by atoms with Crippen molar-refractivity contribution in [3.05, 3.63) is 33.4 Å². The van der Waals surface area contributed by atoms with Crippen LogP contribution in [0.2, 0.25) is 0 Å². The van der Waals surface area contributed by atoms with Crippen molar-refractivity contribution < 1.29 is 9.72 Å². The fraction of sp³-hybridized carbons (Fsp3) is 0.462. The first-order chi connectivity index (χ1) is 9.14. The molecule has 0 fully saturated rings. The van der Waals surface area contributed by atoms with E-state index in [1.165, 1.54) is 0 Å². The molecule has 0 unspecified atom stereocenters. The molecule has 5 N–H and O–H groups in total. The van der Waals surface area contributed by atoms with Gasteiger partial charge in [-0.3, -0.25) is 14.9 Å². The molecule has 1 aromatic carbocycles. The van der Waals surface area contributed by atoms with E-state index >= 15 is 0 Å². The Hall–Kier alpha value is -2.15. The molecular formula is C13H20N4O3. The minimum atomic E-state index is -0.515. The number of nitrogens with one attached hydrogen (secondary N) is 1. The third-order valence-corrected chi connectivity index (χ3v) is 2.84.